The van der Waals surface area contributed by atoms with Gasteiger partial charge in [0.2, 0.25) is 0 Å². The Morgan fingerprint density at radius 3 is 2.14 bits per heavy atom. The molecule has 28 heavy (non-hydrogen) atoms. The molecule has 5 nitrogen and oxygen atoms in total. The van der Waals surface area contributed by atoms with Gasteiger partial charge in [-0.25, -0.2) is 17.6 Å². The molecule has 7 heteroatoms. The van der Waals surface area contributed by atoms with Crippen LogP contribution in [-0.4, -0.2) is 32.2 Å². The van der Waals surface area contributed by atoms with Gasteiger partial charge in [0.1, 0.15) is 5.82 Å². The molecule has 1 aromatic heterocycles. The molecule has 0 aliphatic rings. The summed E-state index contributed by atoms with van der Waals surface area (Å²) in [6.07, 6.45) is 1.14. The standard InChI is InChI=1S/C21H20FNO4S/c1-4-27-21(24)18-13(2)23-20(19(18)14-5-9-16(22)10-6-14)15-7-11-17(12-8-15)28(3,25)26/h5-12,23H,4H2,1-3H3. The molecule has 3 rings (SSSR count). The van der Waals surface area contributed by atoms with Gasteiger partial charge < -0.3 is 9.72 Å². The molecule has 0 amide bonds. The minimum atomic E-state index is -3.32. The monoisotopic (exact) mass is 401 g/mol. The first-order chi connectivity index (χ1) is 13.2. The predicted molar refractivity (Wildman–Crippen MR) is 105 cm³/mol. The number of hydrogen-bond acceptors (Lipinski definition) is 4. The van der Waals surface area contributed by atoms with Crippen molar-refractivity contribution in [2.75, 3.05) is 12.9 Å². The zero-order valence-electron chi connectivity index (χ0n) is 15.7. The van der Waals surface area contributed by atoms with E-state index in [9.17, 15) is 17.6 Å². The molecule has 1 heterocycles. The lowest BCUT2D eigenvalue weighted by atomic mass is 9.97. The fourth-order valence-corrected chi connectivity index (χ4v) is 3.70. The second-order valence-electron chi connectivity index (χ2n) is 6.40. The van der Waals surface area contributed by atoms with Crippen molar-refractivity contribution in [2.45, 2.75) is 18.7 Å². The number of carbonyl (C=O) groups excluding carboxylic acids is 1. The summed E-state index contributed by atoms with van der Waals surface area (Å²) in [7, 11) is -3.32. The Morgan fingerprint density at radius 2 is 1.61 bits per heavy atom. The summed E-state index contributed by atoms with van der Waals surface area (Å²) in [5, 5.41) is 0. The van der Waals surface area contributed by atoms with Gasteiger partial charge in [-0.3, -0.25) is 0 Å². The van der Waals surface area contributed by atoms with Gasteiger partial charge in [-0.1, -0.05) is 24.3 Å². The molecule has 0 saturated carbocycles. The minimum Gasteiger partial charge on any atom is -0.462 e. The Morgan fingerprint density at radius 1 is 1.04 bits per heavy atom. The summed E-state index contributed by atoms with van der Waals surface area (Å²) in [6, 6.07) is 12.2. The summed E-state index contributed by atoms with van der Waals surface area (Å²) >= 11 is 0. The number of nitrogens with one attached hydrogen (secondary N) is 1. The van der Waals surface area contributed by atoms with Crippen molar-refractivity contribution in [1.82, 2.24) is 4.98 Å². The van der Waals surface area contributed by atoms with E-state index in [1.807, 2.05) is 0 Å². The summed E-state index contributed by atoms with van der Waals surface area (Å²) < 4.78 is 42.0. The minimum absolute atomic E-state index is 0.202. The molecule has 1 N–H and O–H groups in total. The van der Waals surface area contributed by atoms with Gasteiger partial charge in [0.15, 0.2) is 9.84 Å². The van der Waals surface area contributed by atoms with Crippen molar-refractivity contribution in [3.63, 3.8) is 0 Å². The van der Waals surface area contributed by atoms with Crippen molar-refractivity contribution < 1.29 is 22.3 Å². The Bertz CT molecular complexity index is 1110. The number of esters is 1. The lowest BCUT2D eigenvalue weighted by Crippen LogP contribution is -2.06. The third-order valence-corrected chi connectivity index (χ3v) is 5.50. The van der Waals surface area contributed by atoms with Crippen molar-refractivity contribution in [3.8, 4) is 22.4 Å². The quantitative estimate of drug-likeness (QED) is 0.644. The molecule has 0 atom stereocenters. The number of aromatic nitrogens is 1. The summed E-state index contributed by atoms with van der Waals surface area (Å²) in [5.41, 5.74) is 3.55. The fraction of sp³-hybridized carbons (Fsp3) is 0.190. The first kappa shape index (κ1) is 19.8. The van der Waals surface area contributed by atoms with Crippen LogP contribution in [0.3, 0.4) is 0 Å². The normalized spacial score (nSPS) is 11.4. The van der Waals surface area contributed by atoms with Gasteiger partial charge in [0.25, 0.3) is 0 Å². The predicted octanol–water partition coefficient (Wildman–Crippen LogP) is 4.38. The molecule has 0 aliphatic heterocycles. The molecule has 0 saturated heterocycles. The highest BCUT2D eigenvalue weighted by molar-refractivity contribution is 7.90. The van der Waals surface area contributed by atoms with E-state index < -0.39 is 15.8 Å². The third kappa shape index (κ3) is 3.84. The smallest absolute Gasteiger partial charge is 0.340 e. The number of carbonyl (C=O) groups is 1. The van der Waals surface area contributed by atoms with E-state index in [4.69, 9.17) is 4.74 Å². The Hall–Kier alpha value is -2.93. The summed E-state index contributed by atoms with van der Waals surface area (Å²) in [5.74, 6) is -0.859. The van der Waals surface area contributed by atoms with Gasteiger partial charge in [-0.2, -0.15) is 0 Å². The molecule has 0 spiro atoms. The highest BCUT2D eigenvalue weighted by Crippen LogP contribution is 2.37. The number of halogens is 1. The number of aryl methyl sites for hydroxylation is 1. The van der Waals surface area contributed by atoms with Crippen LogP contribution in [0.5, 0.6) is 0 Å². The van der Waals surface area contributed by atoms with Crippen molar-refractivity contribution in [1.29, 1.82) is 0 Å². The molecular formula is C21H20FNO4S. The molecule has 0 unspecified atom stereocenters. The number of ether oxygens (including phenoxy) is 1. The molecule has 0 bridgehead atoms. The van der Waals surface area contributed by atoms with Gasteiger partial charge in [-0.05, 0) is 49.2 Å². The van der Waals surface area contributed by atoms with E-state index in [0.29, 0.717) is 33.6 Å². The maximum atomic E-state index is 13.4. The number of benzene rings is 2. The van der Waals surface area contributed by atoms with E-state index in [1.165, 1.54) is 24.3 Å². The van der Waals surface area contributed by atoms with E-state index in [0.717, 1.165) is 6.26 Å². The Kier molecular flexibility index (Phi) is 5.38. The largest absolute Gasteiger partial charge is 0.462 e. The zero-order valence-corrected chi connectivity index (χ0v) is 16.6. The van der Waals surface area contributed by atoms with Crippen LogP contribution in [0, 0.1) is 12.7 Å². The molecule has 3 aromatic rings. The maximum absolute atomic E-state index is 13.4. The molecule has 2 aromatic carbocycles. The topological polar surface area (TPSA) is 76.2 Å². The molecule has 0 aliphatic carbocycles. The van der Waals surface area contributed by atoms with Gasteiger partial charge in [-0.15, -0.1) is 0 Å². The molecule has 146 valence electrons. The lowest BCUT2D eigenvalue weighted by molar-refractivity contribution is 0.0526. The first-order valence-corrected chi connectivity index (χ1v) is 10.6. The summed E-state index contributed by atoms with van der Waals surface area (Å²) in [6.45, 7) is 3.71. The molecule has 0 fully saturated rings. The van der Waals surface area contributed by atoms with Crippen LogP contribution >= 0.6 is 0 Å². The van der Waals surface area contributed by atoms with Crippen molar-refractivity contribution in [3.05, 3.63) is 65.6 Å². The van der Waals surface area contributed by atoms with Gasteiger partial charge in [0.05, 0.1) is 22.8 Å². The van der Waals surface area contributed by atoms with E-state index in [2.05, 4.69) is 4.98 Å². The SMILES string of the molecule is CCOC(=O)c1c(C)[nH]c(-c2ccc(S(C)(=O)=O)cc2)c1-c1ccc(F)cc1. The maximum Gasteiger partial charge on any atom is 0.340 e. The number of H-pyrrole nitrogens is 1. The van der Waals surface area contributed by atoms with E-state index in [-0.39, 0.29) is 17.3 Å². The number of hydrogen-bond donors (Lipinski definition) is 1. The van der Waals surface area contributed by atoms with Crippen molar-refractivity contribution >= 4 is 15.8 Å². The molecular weight excluding hydrogens is 381 g/mol. The average molecular weight is 401 g/mol. The highest BCUT2D eigenvalue weighted by Gasteiger charge is 2.24. The van der Waals surface area contributed by atoms with Crippen LogP contribution in [-0.2, 0) is 14.6 Å². The van der Waals surface area contributed by atoms with E-state index >= 15 is 0 Å². The lowest BCUT2D eigenvalue weighted by Gasteiger charge is -2.09. The van der Waals surface area contributed by atoms with Crippen LogP contribution in [0.2, 0.25) is 0 Å². The van der Waals surface area contributed by atoms with Crippen LogP contribution in [0.15, 0.2) is 53.4 Å². The van der Waals surface area contributed by atoms with Crippen LogP contribution < -0.4 is 0 Å². The number of rotatable bonds is 5. The van der Waals surface area contributed by atoms with Crippen molar-refractivity contribution in [2.24, 2.45) is 0 Å². The molecule has 0 radical (unpaired) electrons. The van der Waals surface area contributed by atoms with Crippen LogP contribution in [0.4, 0.5) is 4.39 Å². The average Bonchev–Trinajstić information content (AvgIpc) is 2.99. The Labute approximate surface area is 163 Å². The zero-order chi connectivity index (χ0) is 20.5. The van der Waals surface area contributed by atoms with Gasteiger partial charge >= 0.3 is 5.97 Å². The van der Waals surface area contributed by atoms with Crippen LogP contribution in [0.25, 0.3) is 22.4 Å². The van der Waals surface area contributed by atoms with Gasteiger partial charge in [0, 0.05) is 17.5 Å². The third-order valence-electron chi connectivity index (χ3n) is 4.37. The summed E-state index contributed by atoms with van der Waals surface area (Å²) in [4.78, 5) is 16.0. The van der Waals surface area contributed by atoms with Crippen LogP contribution in [0.1, 0.15) is 23.0 Å². The fourth-order valence-electron chi connectivity index (χ4n) is 3.07. The van der Waals surface area contributed by atoms with E-state index in [1.54, 1.807) is 38.1 Å². The number of sulfone groups is 1. The Balaban J connectivity index is 2.22. The second-order valence-corrected chi connectivity index (χ2v) is 8.41. The first-order valence-electron chi connectivity index (χ1n) is 8.68. The highest BCUT2D eigenvalue weighted by atomic mass is 32.2. The number of aromatic amines is 1. The second kappa shape index (κ2) is 7.59.